The molecule has 0 spiro atoms. The van der Waals surface area contributed by atoms with E-state index in [9.17, 15) is 4.79 Å². The topological polar surface area (TPSA) is 68.5 Å². The zero-order valence-corrected chi connectivity index (χ0v) is 10.6. The van der Waals surface area contributed by atoms with E-state index in [-0.39, 0.29) is 12.5 Å². The summed E-state index contributed by atoms with van der Waals surface area (Å²) in [4.78, 5) is 18.1. The van der Waals surface area contributed by atoms with Gasteiger partial charge in [-0.1, -0.05) is 0 Å². The number of ether oxygens (including phenoxy) is 1. The Morgan fingerprint density at radius 2 is 2.22 bits per heavy atom. The lowest BCUT2D eigenvalue weighted by atomic mass is 10.2. The Hall–Kier alpha value is -1.46. The lowest BCUT2D eigenvalue weighted by Crippen LogP contribution is -2.46. The molecule has 5 heteroatoms. The first-order valence-electron chi connectivity index (χ1n) is 6.16. The number of carbonyl (C=O) groups excluding carboxylic acids is 1. The van der Waals surface area contributed by atoms with Gasteiger partial charge in [0.1, 0.15) is 6.04 Å². The molecule has 1 unspecified atom stereocenters. The predicted octanol–water partition coefficient (Wildman–Crippen LogP) is 0.546. The number of carbonyl (C=O) groups is 1. The Morgan fingerprint density at radius 1 is 1.56 bits per heavy atom. The summed E-state index contributed by atoms with van der Waals surface area (Å²) in [5, 5.41) is 0. The standard InChI is InChI=1S/C13H19N3O2/c1-18-9-12(14)13(17)16(11-2-3-11)8-10-4-6-15-7-5-10/h4-7,11-12H,2-3,8-9,14H2,1H3. The molecule has 1 amide bonds. The molecular weight excluding hydrogens is 230 g/mol. The number of amides is 1. The number of nitrogens with zero attached hydrogens (tertiary/aromatic N) is 2. The minimum atomic E-state index is -0.572. The molecule has 2 rings (SSSR count). The van der Waals surface area contributed by atoms with Crippen LogP contribution in [0.5, 0.6) is 0 Å². The lowest BCUT2D eigenvalue weighted by molar-refractivity contribution is -0.135. The molecule has 5 nitrogen and oxygen atoms in total. The summed E-state index contributed by atoms with van der Waals surface area (Å²) in [6, 6.07) is 3.61. The fourth-order valence-electron chi connectivity index (χ4n) is 1.92. The van der Waals surface area contributed by atoms with Crippen molar-refractivity contribution >= 4 is 5.91 Å². The van der Waals surface area contributed by atoms with E-state index in [1.165, 1.54) is 0 Å². The third-order valence-electron chi connectivity index (χ3n) is 3.04. The third kappa shape index (κ3) is 3.27. The molecule has 1 aliphatic rings. The fraction of sp³-hybridized carbons (Fsp3) is 0.538. The summed E-state index contributed by atoms with van der Waals surface area (Å²) in [6.45, 7) is 0.863. The molecule has 0 radical (unpaired) electrons. The van der Waals surface area contributed by atoms with Crippen molar-refractivity contribution in [1.29, 1.82) is 0 Å². The van der Waals surface area contributed by atoms with Gasteiger partial charge >= 0.3 is 0 Å². The summed E-state index contributed by atoms with van der Waals surface area (Å²) in [6.07, 6.45) is 5.60. The highest BCUT2D eigenvalue weighted by atomic mass is 16.5. The Balaban J connectivity index is 2.02. The van der Waals surface area contributed by atoms with Crippen LogP contribution in [0.2, 0.25) is 0 Å². The van der Waals surface area contributed by atoms with Crippen LogP contribution in [-0.4, -0.2) is 41.6 Å². The van der Waals surface area contributed by atoms with Crippen molar-refractivity contribution in [3.05, 3.63) is 30.1 Å². The minimum absolute atomic E-state index is 0.0313. The molecule has 0 saturated heterocycles. The van der Waals surface area contributed by atoms with E-state index in [0.29, 0.717) is 12.6 Å². The average Bonchev–Trinajstić information content (AvgIpc) is 3.21. The van der Waals surface area contributed by atoms with Crippen LogP contribution in [0.4, 0.5) is 0 Å². The summed E-state index contributed by atoms with van der Waals surface area (Å²) in [5.41, 5.74) is 6.90. The highest BCUT2D eigenvalue weighted by molar-refractivity contribution is 5.82. The van der Waals surface area contributed by atoms with Gasteiger partial charge in [0.05, 0.1) is 6.61 Å². The Morgan fingerprint density at radius 3 is 2.78 bits per heavy atom. The van der Waals surface area contributed by atoms with E-state index < -0.39 is 6.04 Å². The molecule has 0 bridgehead atoms. The van der Waals surface area contributed by atoms with Gasteiger partial charge in [-0.15, -0.1) is 0 Å². The number of hydrogen-bond acceptors (Lipinski definition) is 4. The van der Waals surface area contributed by atoms with Crippen LogP contribution in [0, 0.1) is 0 Å². The average molecular weight is 249 g/mol. The number of aromatic nitrogens is 1. The van der Waals surface area contributed by atoms with Crippen molar-refractivity contribution in [1.82, 2.24) is 9.88 Å². The van der Waals surface area contributed by atoms with E-state index in [2.05, 4.69) is 4.98 Å². The van der Waals surface area contributed by atoms with Crippen LogP contribution < -0.4 is 5.73 Å². The molecule has 0 aliphatic heterocycles. The maximum absolute atomic E-state index is 12.2. The third-order valence-corrected chi connectivity index (χ3v) is 3.04. The smallest absolute Gasteiger partial charge is 0.242 e. The van der Waals surface area contributed by atoms with Crippen LogP contribution in [0.25, 0.3) is 0 Å². The first-order chi connectivity index (χ1) is 8.72. The highest BCUT2D eigenvalue weighted by Crippen LogP contribution is 2.28. The van der Waals surface area contributed by atoms with Crippen LogP contribution in [-0.2, 0) is 16.1 Å². The number of methoxy groups -OCH3 is 1. The minimum Gasteiger partial charge on any atom is -0.383 e. The molecule has 1 aromatic heterocycles. The number of rotatable bonds is 6. The summed E-state index contributed by atoms with van der Waals surface area (Å²) in [7, 11) is 1.55. The maximum Gasteiger partial charge on any atom is 0.242 e. The number of hydrogen-bond donors (Lipinski definition) is 1. The molecule has 1 aliphatic carbocycles. The summed E-state index contributed by atoms with van der Waals surface area (Å²) in [5.74, 6) is -0.0313. The lowest BCUT2D eigenvalue weighted by Gasteiger charge is -2.25. The predicted molar refractivity (Wildman–Crippen MR) is 67.7 cm³/mol. The number of nitrogens with two attached hydrogens (primary N) is 1. The van der Waals surface area contributed by atoms with Crippen molar-refractivity contribution in [3.8, 4) is 0 Å². The van der Waals surface area contributed by atoms with Gasteiger partial charge in [-0.25, -0.2) is 0 Å². The largest absolute Gasteiger partial charge is 0.383 e. The Labute approximate surface area is 107 Å². The van der Waals surface area contributed by atoms with Crippen LogP contribution in [0.15, 0.2) is 24.5 Å². The molecule has 1 fully saturated rings. The van der Waals surface area contributed by atoms with E-state index >= 15 is 0 Å². The zero-order chi connectivity index (χ0) is 13.0. The molecule has 1 atom stereocenters. The molecule has 1 saturated carbocycles. The van der Waals surface area contributed by atoms with Crippen molar-refractivity contribution in [2.24, 2.45) is 5.73 Å². The molecule has 18 heavy (non-hydrogen) atoms. The van der Waals surface area contributed by atoms with Crippen molar-refractivity contribution in [2.45, 2.75) is 31.5 Å². The van der Waals surface area contributed by atoms with Crippen LogP contribution in [0.1, 0.15) is 18.4 Å². The van der Waals surface area contributed by atoms with Crippen molar-refractivity contribution in [3.63, 3.8) is 0 Å². The van der Waals surface area contributed by atoms with Gasteiger partial charge in [-0.3, -0.25) is 9.78 Å². The van der Waals surface area contributed by atoms with E-state index in [1.807, 2.05) is 17.0 Å². The van der Waals surface area contributed by atoms with E-state index in [4.69, 9.17) is 10.5 Å². The maximum atomic E-state index is 12.2. The second-order valence-corrected chi connectivity index (χ2v) is 4.61. The molecule has 2 N–H and O–H groups in total. The second-order valence-electron chi connectivity index (χ2n) is 4.61. The summed E-state index contributed by atoms with van der Waals surface area (Å²) < 4.78 is 4.94. The fourth-order valence-corrected chi connectivity index (χ4v) is 1.92. The van der Waals surface area contributed by atoms with Gasteiger partial charge in [0, 0.05) is 32.1 Å². The molecule has 1 heterocycles. The second kappa shape index (κ2) is 5.93. The van der Waals surface area contributed by atoms with Gasteiger partial charge in [-0.05, 0) is 30.5 Å². The highest BCUT2D eigenvalue weighted by Gasteiger charge is 2.34. The first-order valence-corrected chi connectivity index (χ1v) is 6.16. The monoisotopic (exact) mass is 249 g/mol. The van der Waals surface area contributed by atoms with E-state index in [1.54, 1.807) is 19.5 Å². The normalized spacial score (nSPS) is 16.3. The van der Waals surface area contributed by atoms with Gasteiger partial charge in [0.15, 0.2) is 0 Å². The molecule has 98 valence electrons. The van der Waals surface area contributed by atoms with Crippen molar-refractivity contribution < 1.29 is 9.53 Å². The Bertz CT molecular complexity index is 392. The first kappa shape index (κ1) is 13.0. The van der Waals surface area contributed by atoms with Gasteiger partial charge in [-0.2, -0.15) is 0 Å². The van der Waals surface area contributed by atoms with Gasteiger partial charge in [0.2, 0.25) is 5.91 Å². The van der Waals surface area contributed by atoms with Crippen molar-refractivity contribution in [2.75, 3.05) is 13.7 Å². The quantitative estimate of drug-likeness (QED) is 0.799. The number of pyridine rings is 1. The van der Waals surface area contributed by atoms with Crippen LogP contribution >= 0.6 is 0 Å². The summed E-state index contributed by atoms with van der Waals surface area (Å²) >= 11 is 0. The Kier molecular flexibility index (Phi) is 4.28. The molecule has 1 aromatic rings. The van der Waals surface area contributed by atoms with E-state index in [0.717, 1.165) is 18.4 Å². The molecular formula is C13H19N3O2. The van der Waals surface area contributed by atoms with Gasteiger partial charge < -0.3 is 15.4 Å². The van der Waals surface area contributed by atoms with Crippen LogP contribution in [0.3, 0.4) is 0 Å². The van der Waals surface area contributed by atoms with Gasteiger partial charge in [0.25, 0.3) is 0 Å². The zero-order valence-electron chi connectivity index (χ0n) is 10.6. The molecule has 0 aromatic carbocycles. The SMILES string of the molecule is COCC(N)C(=O)N(Cc1ccncc1)C1CC1.